The lowest BCUT2D eigenvalue weighted by Gasteiger charge is -2.31. The molecule has 5 nitrogen and oxygen atoms in total. The van der Waals surface area contributed by atoms with Crippen LogP contribution in [-0.4, -0.2) is 56.7 Å². The number of nitrogens with zero attached hydrogens (tertiary/aromatic N) is 2. The molecule has 164 valence electrons. The average Bonchev–Trinajstić information content (AvgIpc) is 2.60. The lowest BCUT2D eigenvalue weighted by Crippen LogP contribution is -2.39. The summed E-state index contributed by atoms with van der Waals surface area (Å²) in [6, 6.07) is 3.52. The van der Waals surface area contributed by atoms with Crippen molar-refractivity contribution in [3.8, 4) is 0 Å². The molecule has 1 aliphatic heterocycles. The third-order valence-electron chi connectivity index (χ3n) is 4.56. The third kappa shape index (κ3) is 7.51. The summed E-state index contributed by atoms with van der Waals surface area (Å²) in [7, 11) is 0. The summed E-state index contributed by atoms with van der Waals surface area (Å²) in [4.78, 5) is 16.7. The summed E-state index contributed by atoms with van der Waals surface area (Å²) in [6.07, 6.45) is -4.47. The van der Waals surface area contributed by atoms with E-state index in [4.69, 9.17) is 4.74 Å². The Morgan fingerprint density at radius 3 is 2.24 bits per heavy atom. The van der Waals surface area contributed by atoms with Crippen molar-refractivity contribution in [1.82, 2.24) is 4.90 Å². The zero-order valence-electron chi connectivity index (χ0n) is 17.7. The summed E-state index contributed by atoms with van der Waals surface area (Å²) in [6.45, 7) is 12.1. The number of amides is 1. The maximum atomic E-state index is 13.2. The number of ether oxygens (including phenoxy) is 1. The number of anilines is 2. The number of halogens is 3. The predicted octanol–water partition coefficient (Wildman–Crippen LogP) is 4.09. The van der Waals surface area contributed by atoms with Gasteiger partial charge in [-0.15, -0.1) is 0 Å². The summed E-state index contributed by atoms with van der Waals surface area (Å²) >= 11 is 0. The van der Waals surface area contributed by atoms with Gasteiger partial charge in [0.1, 0.15) is 0 Å². The quantitative estimate of drug-likeness (QED) is 0.695. The van der Waals surface area contributed by atoms with Gasteiger partial charge in [-0.3, -0.25) is 9.69 Å². The molecule has 1 heterocycles. The lowest BCUT2D eigenvalue weighted by atomic mass is 10.1. The van der Waals surface area contributed by atoms with E-state index in [-0.39, 0.29) is 18.1 Å². The Hall–Kier alpha value is -1.80. The van der Waals surface area contributed by atoms with Gasteiger partial charge in [-0.2, -0.15) is 13.2 Å². The number of rotatable bonds is 8. The molecule has 1 fully saturated rings. The van der Waals surface area contributed by atoms with E-state index in [2.05, 4.69) is 33.0 Å². The minimum Gasteiger partial charge on any atom is -0.378 e. The summed E-state index contributed by atoms with van der Waals surface area (Å²) in [5, 5.41) is 2.73. The van der Waals surface area contributed by atoms with Crippen LogP contribution in [0.25, 0.3) is 0 Å². The molecular formula is C21H32F3N3O2. The largest absolute Gasteiger partial charge is 0.416 e. The minimum absolute atomic E-state index is 0.148. The van der Waals surface area contributed by atoms with E-state index < -0.39 is 11.7 Å². The topological polar surface area (TPSA) is 44.8 Å². The fraction of sp³-hybridized carbons (Fsp3) is 0.667. The molecule has 29 heavy (non-hydrogen) atoms. The fourth-order valence-electron chi connectivity index (χ4n) is 3.52. The summed E-state index contributed by atoms with van der Waals surface area (Å²) in [5.41, 5.74) is 0.0146. The van der Waals surface area contributed by atoms with E-state index in [1.54, 1.807) is 0 Å². The smallest absolute Gasteiger partial charge is 0.378 e. The Balaban J connectivity index is 2.21. The average molecular weight is 416 g/mol. The van der Waals surface area contributed by atoms with Crippen molar-refractivity contribution in [2.45, 2.75) is 33.9 Å². The second-order valence-electron chi connectivity index (χ2n) is 8.36. The van der Waals surface area contributed by atoms with Crippen LogP contribution in [0, 0.1) is 11.8 Å². The summed E-state index contributed by atoms with van der Waals surface area (Å²) < 4.78 is 45.0. The molecule has 8 heteroatoms. The monoisotopic (exact) mass is 415 g/mol. The SMILES string of the molecule is CC(C)CN(CC(=O)Nc1cc(C(F)(F)F)ccc1N1CCOCC1)CC(C)C. The Labute approximate surface area is 171 Å². The van der Waals surface area contributed by atoms with E-state index in [0.29, 0.717) is 43.8 Å². The van der Waals surface area contributed by atoms with Gasteiger partial charge in [-0.25, -0.2) is 0 Å². The molecule has 1 amide bonds. The molecule has 0 aromatic heterocycles. The highest BCUT2D eigenvalue weighted by molar-refractivity contribution is 5.95. The number of carbonyl (C=O) groups is 1. The highest BCUT2D eigenvalue weighted by atomic mass is 19.4. The van der Waals surface area contributed by atoms with Gasteiger partial charge in [-0.1, -0.05) is 27.7 Å². The van der Waals surface area contributed by atoms with E-state index >= 15 is 0 Å². The molecule has 0 bridgehead atoms. The Morgan fingerprint density at radius 1 is 1.14 bits per heavy atom. The molecule has 1 aromatic rings. The number of benzene rings is 1. The molecule has 1 saturated heterocycles. The molecule has 0 atom stereocenters. The van der Waals surface area contributed by atoms with E-state index in [9.17, 15) is 18.0 Å². The minimum atomic E-state index is -4.47. The van der Waals surface area contributed by atoms with Crippen LogP contribution in [0.1, 0.15) is 33.3 Å². The van der Waals surface area contributed by atoms with Gasteiger partial charge in [0.2, 0.25) is 5.91 Å². The van der Waals surface area contributed by atoms with Crippen molar-refractivity contribution in [2.75, 3.05) is 56.2 Å². The van der Waals surface area contributed by atoms with Crippen molar-refractivity contribution >= 4 is 17.3 Å². The molecule has 1 aliphatic rings. The number of carbonyl (C=O) groups excluding carboxylic acids is 1. The Bertz CT molecular complexity index is 662. The Morgan fingerprint density at radius 2 is 1.72 bits per heavy atom. The van der Waals surface area contributed by atoms with Crippen molar-refractivity contribution < 1.29 is 22.7 Å². The van der Waals surface area contributed by atoms with Crippen LogP contribution in [-0.2, 0) is 15.7 Å². The molecular weight excluding hydrogens is 383 g/mol. The molecule has 1 N–H and O–H groups in total. The van der Waals surface area contributed by atoms with Gasteiger partial charge in [0, 0.05) is 26.2 Å². The first-order valence-corrected chi connectivity index (χ1v) is 10.1. The first kappa shape index (κ1) is 23.5. The number of nitrogens with one attached hydrogen (secondary N) is 1. The number of alkyl halides is 3. The van der Waals surface area contributed by atoms with Crippen LogP contribution in [0.5, 0.6) is 0 Å². The van der Waals surface area contributed by atoms with Crippen LogP contribution in [0.3, 0.4) is 0 Å². The van der Waals surface area contributed by atoms with Crippen molar-refractivity contribution in [1.29, 1.82) is 0 Å². The lowest BCUT2D eigenvalue weighted by molar-refractivity contribution is -0.137. The van der Waals surface area contributed by atoms with Crippen LogP contribution < -0.4 is 10.2 Å². The zero-order valence-corrected chi connectivity index (χ0v) is 17.7. The third-order valence-corrected chi connectivity index (χ3v) is 4.56. The summed E-state index contributed by atoms with van der Waals surface area (Å²) in [5.74, 6) is 0.471. The van der Waals surface area contributed by atoms with Gasteiger partial charge in [0.05, 0.1) is 36.7 Å². The normalized spacial score (nSPS) is 15.4. The van der Waals surface area contributed by atoms with Crippen molar-refractivity contribution in [2.24, 2.45) is 11.8 Å². The van der Waals surface area contributed by atoms with Gasteiger partial charge in [0.15, 0.2) is 0 Å². The molecule has 2 rings (SSSR count). The van der Waals surface area contributed by atoms with E-state index in [0.717, 1.165) is 25.2 Å². The van der Waals surface area contributed by atoms with Crippen molar-refractivity contribution in [3.05, 3.63) is 23.8 Å². The van der Waals surface area contributed by atoms with Crippen molar-refractivity contribution in [3.63, 3.8) is 0 Å². The first-order valence-electron chi connectivity index (χ1n) is 10.1. The second-order valence-corrected chi connectivity index (χ2v) is 8.36. The zero-order chi connectivity index (χ0) is 21.6. The molecule has 0 spiro atoms. The van der Waals surface area contributed by atoms with E-state index in [1.807, 2.05) is 9.80 Å². The highest BCUT2D eigenvalue weighted by Crippen LogP contribution is 2.35. The van der Waals surface area contributed by atoms with E-state index in [1.165, 1.54) is 6.07 Å². The standard InChI is InChI=1S/C21H32F3N3O2/c1-15(2)12-26(13-16(3)4)14-20(28)25-18-11-17(21(22,23)24)5-6-19(18)27-7-9-29-10-8-27/h5-6,11,15-16H,7-10,12-14H2,1-4H3,(H,25,28). The van der Waals surface area contributed by atoms with Gasteiger partial charge in [-0.05, 0) is 30.0 Å². The fourth-order valence-corrected chi connectivity index (χ4v) is 3.52. The maximum Gasteiger partial charge on any atom is 0.416 e. The van der Waals surface area contributed by atoms with Crippen LogP contribution >= 0.6 is 0 Å². The number of hydrogen-bond acceptors (Lipinski definition) is 4. The Kier molecular flexibility index (Phi) is 8.34. The maximum absolute atomic E-state index is 13.2. The number of morpholine rings is 1. The second kappa shape index (κ2) is 10.3. The van der Waals surface area contributed by atoms with Gasteiger partial charge < -0.3 is 15.0 Å². The van der Waals surface area contributed by atoms with Crippen LogP contribution in [0.2, 0.25) is 0 Å². The number of hydrogen-bond donors (Lipinski definition) is 1. The van der Waals surface area contributed by atoms with Crippen LogP contribution in [0.4, 0.5) is 24.5 Å². The molecule has 0 unspecified atom stereocenters. The molecule has 0 saturated carbocycles. The van der Waals surface area contributed by atoms with Crippen LogP contribution in [0.15, 0.2) is 18.2 Å². The van der Waals surface area contributed by atoms with Gasteiger partial charge >= 0.3 is 6.18 Å². The molecule has 1 aromatic carbocycles. The highest BCUT2D eigenvalue weighted by Gasteiger charge is 2.32. The predicted molar refractivity (Wildman–Crippen MR) is 109 cm³/mol. The molecule has 0 aliphatic carbocycles. The first-order chi connectivity index (χ1) is 13.6. The van der Waals surface area contributed by atoms with Gasteiger partial charge in [0.25, 0.3) is 0 Å². The molecule has 0 radical (unpaired) electrons.